The maximum atomic E-state index is 9.98. The summed E-state index contributed by atoms with van der Waals surface area (Å²) in [5.41, 5.74) is 13.0. The molecule has 0 heterocycles. The van der Waals surface area contributed by atoms with E-state index in [1.54, 1.807) is 12.1 Å². The molecule has 33 heavy (non-hydrogen) atoms. The van der Waals surface area contributed by atoms with E-state index in [-0.39, 0.29) is 19.1 Å². The number of hydrogen-bond donors (Lipinski definition) is 3. The van der Waals surface area contributed by atoms with Gasteiger partial charge in [0, 0.05) is 18.9 Å². The topological polar surface area (TPSA) is 112 Å². The number of nitrogens with two attached hydrogens (primary N) is 2. The highest BCUT2D eigenvalue weighted by molar-refractivity contribution is 5.75. The van der Waals surface area contributed by atoms with Gasteiger partial charge in [0.2, 0.25) is 0 Å². The summed E-state index contributed by atoms with van der Waals surface area (Å²) in [5, 5.41) is 9.98. The summed E-state index contributed by atoms with van der Waals surface area (Å²) < 4.78 is 17.8. The van der Waals surface area contributed by atoms with Crippen molar-refractivity contribution in [2.45, 2.75) is 18.9 Å². The number of benzene rings is 3. The van der Waals surface area contributed by atoms with Crippen LogP contribution in [0.2, 0.25) is 0 Å². The molecule has 3 aromatic rings. The molecular weight excluding hydrogens is 418 g/mol. The van der Waals surface area contributed by atoms with Crippen LogP contribution in [0.1, 0.15) is 11.1 Å². The summed E-state index contributed by atoms with van der Waals surface area (Å²) in [6, 6.07) is 25.7. The van der Waals surface area contributed by atoms with Crippen LogP contribution in [-0.4, -0.2) is 43.5 Å². The average Bonchev–Trinajstić information content (AvgIpc) is 2.84. The van der Waals surface area contributed by atoms with Crippen LogP contribution in [0.25, 0.3) is 0 Å². The number of rotatable bonds is 13. The number of hydrogen-bond acceptors (Lipinski definition) is 5. The predicted octanol–water partition coefficient (Wildman–Crippen LogP) is 2.94. The van der Waals surface area contributed by atoms with E-state index in [0.29, 0.717) is 30.5 Å². The van der Waals surface area contributed by atoms with Crippen molar-refractivity contribution in [1.82, 2.24) is 0 Å². The summed E-state index contributed by atoms with van der Waals surface area (Å²) in [7, 11) is 0. The van der Waals surface area contributed by atoms with Gasteiger partial charge in [0.05, 0.1) is 19.8 Å². The van der Waals surface area contributed by atoms with Gasteiger partial charge < -0.3 is 30.8 Å². The first-order chi connectivity index (χ1) is 16.1. The highest BCUT2D eigenvalue weighted by Gasteiger charge is 2.11. The molecule has 0 spiro atoms. The van der Waals surface area contributed by atoms with E-state index in [2.05, 4.69) is 29.3 Å². The zero-order valence-corrected chi connectivity index (χ0v) is 18.6. The van der Waals surface area contributed by atoms with Crippen LogP contribution in [-0.2, 0) is 12.8 Å². The van der Waals surface area contributed by atoms with Crippen LogP contribution in [0.4, 0.5) is 0 Å². The van der Waals surface area contributed by atoms with Crippen molar-refractivity contribution in [1.29, 1.82) is 0 Å². The normalized spacial score (nSPS) is 11.4. The summed E-state index contributed by atoms with van der Waals surface area (Å²) in [6.07, 6.45) is 0.739. The Kier molecular flexibility index (Phi) is 9.42. The molecule has 3 rings (SSSR count). The number of ether oxygens (including phenoxy) is 3. The Morgan fingerprint density at radius 2 is 1.33 bits per heavy atom. The van der Waals surface area contributed by atoms with Crippen molar-refractivity contribution in [3.05, 3.63) is 90.0 Å². The standard InChI is InChI=1S/C26H31N3O4/c27-26(28)29-18-22(30)19-33-23-11-12-24(31-15-13-20-7-3-1-4-8-20)25(17-23)32-16-14-21-9-5-2-6-10-21/h1-12,17,22,30H,13-16,18-19H2,(H4,27,28,29). The second-order valence-corrected chi connectivity index (χ2v) is 7.51. The van der Waals surface area contributed by atoms with Gasteiger partial charge in [-0.15, -0.1) is 0 Å². The van der Waals surface area contributed by atoms with Crippen LogP contribution in [0.15, 0.2) is 83.9 Å². The third-order valence-corrected chi connectivity index (χ3v) is 4.82. The molecule has 0 aromatic heterocycles. The second-order valence-electron chi connectivity index (χ2n) is 7.51. The minimum Gasteiger partial charge on any atom is -0.491 e. The van der Waals surface area contributed by atoms with Gasteiger partial charge in [-0.05, 0) is 23.3 Å². The maximum Gasteiger partial charge on any atom is 0.186 e. The lowest BCUT2D eigenvalue weighted by atomic mass is 10.2. The molecule has 0 saturated carbocycles. The Hall–Kier alpha value is -3.71. The molecule has 0 fully saturated rings. The molecule has 0 amide bonds. The number of nitrogens with zero attached hydrogens (tertiary/aromatic N) is 1. The quantitative estimate of drug-likeness (QED) is 0.273. The number of aliphatic imine (C=N–C) groups is 1. The Balaban J connectivity index is 1.61. The molecule has 0 radical (unpaired) electrons. The number of aliphatic hydroxyl groups excluding tert-OH is 1. The Bertz CT molecular complexity index is 993. The lowest BCUT2D eigenvalue weighted by Crippen LogP contribution is -2.27. The van der Waals surface area contributed by atoms with Crippen molar-refractivity contribution in [3.63, 3.8) is 0 Å². The molecule has 1 atom stereocenters. The first kappa shape index (κ1) is 23.9. The van der Waals surface area contributed by atoms with Gasteiger partial charge in [-0.2, -0.15) is 0 Å². The highest BCUT2D eigenvalue weighted by Crippen LogP contribution is 2.32. The first-order valence-corrected chi connectivity index (χ1v) is 10.9. The van der Waals surface area contributed by atoms with Gasteiger partial charge in [-0.1, -0.05) is 60.7 Å². The zero-order chi connectivity index (χ0) is 23.3. The van der Waals surface area contributed by atoms with E-state index >= 15 is 0 Å². The van der Waals surface area contributed by atoms with Gasteiger partial charge in [0.25, 0.3) is 0 Å². The van der Waals surface area contributed by atoms with Gasteiger partial charge in [0.1, 0.15) is 18.5 Å². The van der Waals surface area contributed by atoms with E-state index in [4.69, 9.17) is 25.7 Å². The summed E-state index contributed by atoms with van der Waals surface area (Å²) in [4.78, 5) is 3.79. The van der Waals surface area contributed by atoms with Gasteiger partial charge in [-0.3, -0.25) is 4.99 Å². The lowest BCUT2D eigenvalue weighted by molar-refractivity contribution is 0.114. The van der Waals surface area contributed by atoms with E-state index in [9.17, 15) is 5.11 Å². The molecule has 7 nitrogen and oxygen atoms in total. The Labute approximate surface area is 194 Å². The summed E-state index contributed by atoms with van der Waals surface area (Å²) in [5.74, 6) is 1.73. The van der Waals surface area contributed by atoms with Crippen LogP contribution < -0.4 is 25.7 Å². The molecule has 7 heteroatoms. The van der Waals surface area contributed by atoms with Crippen LogP contribution in [0, 0.1) is 0 Å². The summed E-state index contributed by atoms with van der Waals surface area (Å²) in [6.45, 7) is 1.14. The molecule has 0 bridgehead atoms. The number of guanidine groups is 1. The van der Waals surface area contributed by atoms with E-state index in [1.165, 1.54) is 11.1 Å². The van der Waals surface area contributed by atoms with Gasteiger partial charge >= 0.3 is 0 Å². The maximum absolute atomic E-state index is 9.98. The largest absolute Gasteiger partial charge is 0.491 e. The van der Waals surface area contributed by atoms with Crippen molar-refractivity contribution >= 4 is 5.96 Å². The van der Waals surface area contributed by atoms with Crippen molar-refractivity contribution in [3.8, 4) is 17.2 Å². The summed E-state index contributed by atoms with van der Waals surface area (Å²) >= 11 is 0. The molecule has 174 valence electrons. The Morgan fingerprint density at radius 1 is 0.758 bits per heavy atom. The fraction of sp³-hybridized carbons (Fsp3) is 0.269. The number of aliphatic hydroxyl groups is 1. The lowest BCUT2D eigenvalue weighted by Gasteiger charge is -2.16. The van der Waals surface area contributed by atoms with Crippen molar-refractivity contribution in [2.75, 3.05) is 26.4 Å². The molecule has 1 unspecified atom stereocenters. The molecule has 0 aliphatic carbocycles. The highest BCUT2D eigenvalue weighted by atomic mass is 16.5. The fourth-order valence-electron chi connectivity index (χ4n) is 3.11. The SMILES string of the molecule is NC(N)=NCC(O)COc1ccc(OCCc2ccccc2)c(OCCc2ccccc2)c1. The smallest absolute Gasteiger partial charge is 0.186 e. The van der Waals surface area contributed by atoms with Crippen molar-refractivity contribution in [2.24, 2.45) is 16.5 Å². The van der Waals surface area contributed by atoms with E-state index in [0.717, 1.165) is 12.8 Å². The fourth-order valence-corrected chi connectivity index (χ4v) is 3.11. The van der Waals surface area contributed by atoms with Crippen molar-refractivity contribution < 1.29 is 19.3 Å². The average molecular weight is 450 g/mol. The third-order valence-electron chi connectivity index (χ3n) is 4.82. The predicted molar refractivity (Wildman–Crippen MR) is 130 cm³/mol. The zero-order valence-electron chi connectivity index (χ0n) is 18.6. The monoisotopic (exact) mass is 449 g/mol. The van der Waals surface area contributed by atoms with E-state index in [1.807, 2.05) is 42.5 Å². The van der Waals surface area contributed by atoms with E-state index < -0.39 is 6.10 Å². The third kappa shape index (κ3) is 8.74. The molecular formula is C26H31N3O4. The van der Waals surface area contributed by atoms with Gasteiger partial charge in [-0.25, -0.2) is 0 Å². The van der Waals surface area contributed by atoms with Crippen LogP contribution in [0.5, 0.6) is 17.2 Å². The molecule has 3 aromatic carbocycles. The van der Waals surface area contributed by atoms with Crippen LogP contribution >= 0.6 is 0 Å². The van der Waals surface area contributed by atoms with Crippen LogP contribution in [0.3, 0.4) is 0 Å². The minimum absolute atomic E-state index is 0.0500. The molecule has 5 N–H and O–H groups in total. The second kappa shape index (κ2) is 13.0. The molecule has 0 aliphatic heterocycles. The minimum atomic E-state index is -0.823. The molecule has 0 aliphatic rings. The van der Waals surface area contributed by atoms with Gasteiger partial charge in [0.15, 0.2) is 17.5 Å². The molecule has 0 saturated heterocycles. The first-order valence-electron chi connectivity index (χ1n) is 10.9. The Morgan fingerprint density at radius 3 is 1.91 bits per heavy atom.